The van der Waals surface area contributed by atoms with Crippen LogP contribution in [0.2, 0.25) is 0 Å². The molecule has 2 saturated heterocycles. The predicted molar refractivity (Wildman–Crippen MR) is 195 cm³/mol. The first-order chi connectivity index (χ1) is 28.9. The molecule has 32 heteroatoms. The lowest BCUT2D eigenvalue weighted by Gasteiger charge is -2.26. The number of aromatic nitrogens is 5. The van der Waals surface area contributed by atoms with Crippen LogP contribution >= 0.6 is 23.5 Å². The number of hydrogen-bond acceptors (Lipinski definition) is 21. The SMILES string of the molecule is CC(NC(=O)c1ccc[n+]([C@@H]2O[C@H](COP(=O)([O-])OP(=O)(O)OC[C@H]3O[C@@H](n4cnc5c(N)ncnc54)[C@H](OP(=O)(O)O)[C@@H]3O)[C@@H](O)[C@H]2O)c1)c1ccc(C(=O)O)cc1[N+](=O)[O-]. The van der Waals surface area contributed by atoms with Gasteiger partial charge >= 0.3 is 21.6 Å². The van der Waals surface area contributed by atoms with Gasteiger partial charge in [0.25, 0.3) is 25.6 Å². The Hall–Kier alpha value is -4.77. The molecule has 0 bridgehead atoms. The van der Waals surface area contributed by atoms with Crippen molar-refractivity contribution in [3.63, 3.8) is 0 Å². The number of nitrogens with zero attached hydrogens (tertiary/aromatic N) is 6. The first-order valence-corrected chi connectivity index (χ1v) is 21.9. The number of aliphatic hydroxyl groups is 3. The number of nitrogens with one attached hydrogen (secondary N) is 1. The van der Waals surface area contributed by atoms with Gasteiger partial charge in [-0.3, -0.25) is 33.1 Å². The van der Waals surface area contributed by atoms with Crippen molar-refractivity contribution in [1.29, 1.82) is 0 Å². The molecule has 11 atom stereocenters. The molecule has 2 fully saturated rings. The Morgan fingerprint density at radius 3 is 2.39 bits per heavy atom. The van der Waals surface area contributed by atoms with Gasteiger partial charge in [0.05, 0.1) is 41.6 Å². The highest BCUT2D eigenvalue weighted by Crippen LogP contribution is 2.59. The first-order valence-electron chi connectivity index (χ1n) is 17.4. The number of pyridine rings is 1. The van der Waals surface area contributed by atoms with Gasteiger partial charge in [-0.15, -0.1) is 0 Å². The Bertz CT molecular complexity index is 2510. The number of fused-ring (bicyclic) bond motifs is 1. The van der Waals surface area contributed by atoms with Gasteiger partial charge in [-0.1, -0.05) is 0 Å². The molecule has 336 valence electrons. The normalized spacial score (nSPS) is 26.5. The number of nitrogens with two attached hydrogens (primary N) is 1. The summed E-state index contributed by atoms with van der Waals surface area (Å²) in [6.07, 6.45) is -9.50. The standard InChI is InChI=1S/C30H35N8O21P3/c1-13(16-5-4-14(30(43)44)7-17(16)38(45)46)35-27(42)15-3-2-6-36(8-15)28-23(41)21(39)18(56-28)9-54-61(50,51)59-62(52,53)55-10-19-22(40)24(58-60(47,48)49)29(57-19)37-12-34-20-25(31)32-11-33-26(20)37/h2-8,11-13,18-19,21-24,28-29,39-41H,9-10H2,1H3,(H7-,31,32,33,35,42,43,44,47,48,49,50,51,52,53)/t13?,18-,19-,21-,22-,23-,24-,28-,29-/m1/s1. The highest BCUT2D eigenvalue weighted by atomic mass is 31.3. The number of nitro groups is 1. The molecular weight excluding hydrogens is 901 g/mol. The summed E-state index contributed by atoms with van der Waals surface area (Å²) in [4.78, 5) is 88.7. The van der Waals surface area contributed by atoms with Crippen molar-refractivity contribution >= 4 is 58.0 Å². The van der Waals surface area contributed by atoms with E-state index in [4.69, 9.17) is 19.7 Å². The number of anilines is 1. The maximum absolute atomic E-state index is 13.1. The van der Waals surface area contributed by atoms with E-state index < -0.39 is 114 Å². The number of amides is 1. The van der Waals surface area contributed by atoms with E-state index >= 15 is 0 Å². The first kappa shape index (κ1) is 46.7. The van der Waals surface area contributed by atoms with E-state index in [2.05, 4.69) is 33.6 Å². The maximum Gasteiger partial charge on any atom is 0.478 e. The third-order valence-electron chi connectivity index (χ3n) is 9.24. The number of carboxylic acid groups (broad SMARTS) is 1. The average molecular weight is 937 g/mol. The van der Waals surface area contributed by atoms with Crippen LogP contribution in [0.15, 0.2) is 55.4 Å². The third-order valence-corrected chi connectivity index (χ3v) is 12.3. The van der Waals surface area contributed by atoms with Crippen molar-refractivity contribution < 1.29 is 100 Å². The van der Waals surface area contributed by atoms with Gasteiger partial charge in [0.1, 0.15) is 47.9 Å². The van der Waals surface area contributed by atoms with Crippen LogP contribution in [0.4, 0.5) is 11.5 Å². The van der Waals surface area contributed by atoms with Crippen LogP contribution in [0.5, 0.6) is 0 Å². The van der Waals surface area contributed by atoms with Gasteiger partial charge in [0, 0.05) is 12.1 Å². The number of aliphatic hydroxyl groups excluding tert-OH is 3. The second-order valence-electron chi connectivity index (χ2n) is 13.4. The minimum absolute atomic E-state index is 0.0103. The van der Waals surface area contributed by atoms with Crippen LogP contribution in [0, 0.1) is 10.1 Å². The summed E-state index contributed by atoms with van der Waals surface area (Å²) in [6, 6.07) is 4.79. The van der Waals surface area contributed by atoms with E-state index in [9.17, 15) is 73.4 Å². The summed E-state index contributed by atoms with van der Waals surface area (Å²) in [5.41, 5.74) is 4.76. The van der Waals surface area contributed by atoms with Gasteiger partial charge < -0.3 is 65.0 Å². The van der Waals surface area contributed by atoms with Crippen LogP contribution in [-0.2, 0) is 41.1 Å². The van der Waals surface area contributed by atoms with E-state index in [-0.39, 0.29) is 33.7 Å². The number of aromatic carboxylic acids is 1. The molecule has 6 rings (SSSR count). The van der Waals surface area contributed by atoms with Gasteiger partial charge in [-0.2, -0.15) is 4.57 Å². The molecule has 0 spiro atoms. The van der Waals surface area contributed by atoms with Crippen molar-refractivity contribution in [2.45, 2.75) is 62.0 Å². The van der Waals surface area contributed by atoms with Crippen molar-refractivity contribution in [1.82, 2.24) is 24.8 Å². The number of rotatable bonds is 17. The number of phosphoric ester groups is 3. The Kier molecular flexibility index (Phi) is 13.7. The van der Waals surface area contributed by atoms with Gasteiger partial charge in [0.2, 0.25) is 0 Å². The van der Waals surface area contributed by atoms with Crippen molar-refractivity contribution in [2.24, 2.45) is 0 Å². The van der Waals surface area contributed by atoms with Crippen LogP contribution in [0.1, 0.15) is 51.7 Å². The number of carbonyl (C=O) groups is 2. The lowest BCUT2D eigenvalue weighted by molar-refractivity contribution is -0.765. The second-order valence-corrected chi connectivity index (χ2v) is 17.6. The molecular formula is C30H35N8O21P3. The fourth-order valence-electron chi connectivity index (χ4n) is 6.37. The van der Waals surface area contributed by atoms with Crippen molar-refractivity contribution in [3.05, 3.63) is 82.2 Å². The minimum Gasteiger partial charge on any atom is -0.756 e. The molecule has 2 aliphatic rings. The Morgan fingerprint density at radius 1 is 1.02 bits per heavy atom. The number of nitrogen functional groups attached to an aromatic ring is 1. The molecule has 2 aliphatic heterocycles. The summed E-state index contributed by atoms with van der Waals surface area (Å²) in [7, 11) is -16.9. The van der Waals surface area contributed by atoms with Gasteiger partial charge in [0.15, 0.2) is 36.2 Å². The number of nitro benzene ring substituents is 1. The molecule has 3 aromatic heterocycles. The topological polar surface area (TPSA) is 434 Å². The zero-order valence-corrected chi connectivity index (χ0v) is 33.9. The lowest BCUT2D eigenvalue weighted by atomic mass is 10.0. The molecule has 1 amide bonds. The summed E-state index contributed by atoms with van der Waals surface area (Å²) < 4.78 is 68.6. The van der Waals surface area contributed by atoms with E-state index in [1.165, 1.54) is 31.3 Å². The predicted octanol–water partition coefficient (Wildman–Crippen LogP) is -1.53. The number of benzene rings is 1. The zero-order chi connectivity index (χ0) is 45.5. The van der Waals surface area contributed by atoms with Crippen molar-refractivity contribution in [3.8, 4) is 0 Å². The fraction of sp³-hybridized carbons (Fsp3) is 0.400. The van der Waals surface area contributed by atoms with E-state index in [0.717, 1.165) is 40.1 Å². The molecule has 3 unspecified atom stereocenters. The maximum atomic E-state index is 13.1. The summed E-state index contributed by atoms with van der Waals surface area (Å²) in [5.74, 6) is -2.27. The number of hydrogen-bond donors (Lipinski definition) is 9. The van der Waals surface area contributed by atoms with E-state index in [1.54, 1.807) is 0 Å². The molecule has 29 nitrogen and oxygen atoms in total. The van der Waals surface area contributed by atoms with Crippen molar-refractivity contribution in [2.75, 3.05) is 18.9 Å². The largest absolute Gasteiger partial charge is 0.756 e. The van der Waals surface area contributed by atoms with E-state index in [0.29, 0.717) is 0 Å². The summed E-state index contributed by atoms with van der Waals surface area (Å²) in [5, 5.41) is 55.5. The van der Waals surface area contributed by atoms with Gasteiger partial charge in [-0.05, 0) is 25.1 Å². The molecule has 10 N–H and O–H groups in total. The molecule has 0 saturated carbocycles. The zero-order valence-electron chi connectivity index (χ0n) is 31.3. The van der Waals surface area contributed by atoms with Crippen LogP contribution < -0.4 is 20.5 Å². The molecule has 62 heavy (non-hydrogen) atoms. The molecule has 0 aliphatic carbocycles. The van der Waals surface area contributed by atoms with E-state index in [1.807, 2.05) is 0 Å². The molecule has 4 aromatic rings. The lowest BCUT2D eigenvalue weighted by Crippen LogP contribution is -2.46. The number of carbonyl (C=O) groups excluding carboxylic acids is 1. The number of carboxylic acids is 1. The highest BCUT2D eigenvalue weighted by molar-refractivity contribution is 7.60. The minimum atomic E-state index is -5.84. The molecule has 0 radical (unpaired) electrons. The molecule has 1 aromatic carbocycles. The highest BCUT2D eigenvalue weighted by Gasteiger charge is 2.51. The Morgan fingerprint density at radius 2 is 1.71 bits per heavy atom. The van der Waals surface area contributed by atoms with Crippen LogP contribution in [0.25, 0.3) is 11.2 Å². The molecule has 5 heterocycles. The van der Waals surface area contributed by atoms with Crippen LogP contribution in [-0.4, -0.2) is 121 Å². The Balaban J connectivity index is 1.05. The van der Waals surface area contributed by atoms with Crippen LogP contribution in [0.3, 0.4) is 0 Å². The summed E-state index contributed by atoms with van der Waals surface area (Å²) in [6.45, 7) is -0.858. The number of imidazole rings is 1. The van der Waals surface area contributed by atoms with Gasteiger partial charge in [-0.25, -0.2) is 33.2 Å². The fourth-order valence-corrected chi connectivity index (χ4v) is 8.97. The monoisotopic (exact) mass is 936 g/mol. The Labute approximate surface area is 345 Å². The number of phosphoric acid groups is 3. The quantitative estimate of drug-likeness (QED) is 0.0251. The average Bonchev–Trinajstić information content (AvgIpc) is 3.85. The third kappa shape index (κ3) is 10.5. The number of ether oxygens (including phenoxy) is 2. The second kappa shape index (κ2) is 18.1. The smallest absolute Gasteiger partial charge is 0.478 e. The summed E-state index contributed by atoms with van der Waals surface area (Å²) >= 11 is 0.